The molecular weight excluding hydrogens is 592 g/mol. The first kappa shape index (κ1) is 34.9. The molecule has 8 heteroatoms. The van der Waals surface area contributed by atoms with Gasteiger partial charge in [-0.3, -0.25) is 0 Å². The molecule has 0 saturated carbocycles. The lowest BCUT2D eigenvalue weighted by Gasteiger charge is -2.45. The maximum absolute atomic E-state index is 12.6. The third-order valence-electron chi connectivity index (χ3n) is 7.95. The van der Waals surface area contributed by atoms with Crippen LogP contribution in [0.15, 0.2) is 66.7 Å². The summed E-state index contributed by atoms with van der Waals surface area (Å²) in [5.74, 6) is 1.60. The second-order valence-corrected chi connectivity index (χ2v) is 11.7. The van der Waals surface area contributed by atoms with Gasteiger partial charge in [0.05, 0.1) is 20.3 Å². The number of hydrogen-bond donors (Lipinski definition) is 0. The smallest absolute Gasteiger partial charge is 0.151 e. The SMILES string of the molecule is CCCCO[C@@H]1[C@@H](OCCCC)[C@H](c2ccc(Cl)c(Cc3ccc(OCC)cc3)c2)O[C@H](C=O)[C@H]1OCc1ccc(OC)cc1. The van der Waals surface area contributed by atoms with Crippen molar-refractivity contribution in [2.24, 2.45) is 0 Å². The van der Waals surface area contributed by atoms with Crippen molar-refractivity contribution in [3.63, 3.8) is 0 Å². The molecule has 0 aliphatic carbocycles. The van der Waals surface area contributed by atoms with Crippen LogP contribution in [0.3, 0.4) is 0 Å². The van der Waals surface area contributed by atoms with Gasteiger partial charge in [0.2, 0.25) is 0 Å². The van der Waals surface area contributed by atoms with Crippen molar-refractivity contribution in [3.8, 4) is 11.5 Å². The molecule has 0 radical (unpaired) electrons. The zero-order valence-electron chi connectivity index (χ0n) is 26.9. The van der Waals surface area contributed by atoms with Crippen LogP contribution in [-0.4, -0.2) is 57.6 Å². The maximum Gasteiger partial charge on any atom is 0.151 e. The van der Waals surface area contributed by atoms with Crippen LogP contribution >= 0.6 is 11.6 Å². The highest BCUT2D eigenvalue weighted by atomic mass is 35.5. The minimum absolute atomic E-state index is 0.287. The molecule has 1 aliphatic rings. The van der Waals surface area contributed by atoms with E-state index in [2.05, 4.69) is 19.9 Å². The number of methoxy groups -OCH3 is 1. The highest BCUT2D eigenvalue weighted by molar-refractivity contribution is 6.31. The Kier molecular flexibility index (Phi) is 14.2. The number of rotatable bonds is 18. The van der Waals surface area contributed by atoms with Crippen LogP contribution in [0.5, 0.6) is 11.5 Å². The van der Waals surface area contributed by atoms with Crippen molar-refractivity contribution in [2.75, 3.05) is 26.9 Å². The Balaban J connectivity index is 1.63. The van der Waals surface area contributed by atoms with Gasteiger partial charge in [-0.15, -0.1) is 0 Å². The average molecular weight is 639 g/mol. The molecule has 0 unspecified atom stereocenters. The molecule has 7 nitrogen and oxygen atoms in total. The largest absolute Gasteiger partial charge is 0.497 e. The Bertz CT molecular complexity index is 1300. The van der Waals surface area contributed by atoms with Crippen molar-refractivity contribution in [3.05, 3.63) is 94.0 Å². The van der Waals surface area contributed by atoms with E-state index in [0.29, 0.717) is 31.3 Å². The van der Waals surface area contributed by atoms with E-state index in [1.165, 1.54) is 0 Å². The minimum Gasteiger partial charge on any atom is -0.497 e. The molecule has 4 rings (SSSR count). The van der Waals surface area contributed by atoms with Crippen LogP contribution in [0.25, 0.3) is 0 Å². The number of halogens is 1. The van der Waals surface area contributed by atoms with Gasteiger partial charge in [0.15, 0.2) is 6.29 Å². The molecule has 5 atom stereocenters. The zero-order chi connectivity index (χ0) is 32.0. The number of hydrogen-bond acceptors (Lipinski definition) is 7. The normalized spacial score (nSPS) is 21.4. The molecule has 0 spiro atoms. The fourth-order valence-corrected chi connectivity index (χ4v) is 5.63. The summed E-state index contributed by atoms with van der Waals surface area (Å²) in [5, 5.41) is 0.662. The van der Waals surface area contributed by atoms with Crippen molar-refractivity contribution in [1.82, 2.24) is 0 Å². The Labute approximate surface area is 273 Å². The highest BCUT2D eigenvalue weighted by Gasteiger charge is 2.48. The van der Waals surface area contributed by atoms with E-state index in [9.17, 15) is 4.79 Å². The first-order valence-electron chi connectivity index (χ1n) is 16.1. The van der Waals surface area contributed by atoms with Crippen LogP contribution in [0, 0.1) is 0 Å². The molecule has 45 heavy (non-hydrogen) atoms. The number of carbonyl (C=O) groups is 1. The molecule has 0 aromatic heterocycles. The van der Waals surface area contributed by atoms with Gasteiger partial charge in [0.25, 0.3) is 0 Å². The van der Waals surface area contributed by atoms with E-state index in [1.807, 2.05) is 67.6 Å². The molecule has 244 valence electrons. The van der Waals surface area contributed by atoms with Crippen molar-refractivity contribution < 1.29 is 33.2 Å². The van der Waals surface area contributed by atoms with E-state index < -0.39 is 30.5 Å². The van der Waals surface area contributed by atoms with Crippen LogP contribution < -0.4 is 9.47 Å². The van der Waals surface area contributed by atoms with Gasteiger partial charge in [0, 0.05) is 18.2 Å². The number of aldehydes is 1. The highest BCUT2D eigenvalue weighted by Crippen LogP contribution is 2.38. The Morgan fingerprint density at radius 1 is 0.778 bits per heavy atom. The molecule has 0 amide bonds. The third kappa shape index (κ3) is 9.77. The minimum atomic E-state index is -0.851. The van der Waals surface area contributed by atoms with Crippen LogP contribution in [0.4, 0.5) is 0 Å². The quantitative estimate of drug-likeness (QED) is 0.103. The van der Waals surface area contributed by atoms with Crippen molar-refractivity contribution in [1.29, 1.82) is 0 Å². The summed E-state index contributed by atoms with van der Waals surface area (Å²) < 4.78 is 36.9. The Morgan fingerprint density at radius 2 is 1.42 bits per heavy atom. The molecule has 1 saturated heterocycles. The first-order chi connectivity index (χ1) is 22.0. The van der Waals surface area contributed by atoms with Crippen molar-refractivity contribution >= 4 is 17.9 Å². The second kappa shape index (κ2) is 18.3. The lowest BCUT2D eigenvalue weighted by Crippen LogP contribution is -2.57. The lowest BCUT2D eigenvalue weighted by molar-refractivity contribution is -0.255. The van der Waals surface area contributed by atoms with Gasteiger partial charge in [0.1, 0.15) is 42.0 Å². The maximum atomic E-state index is 12.6. The van der Waals surface area contributed by atoms with Gasteiger partial charge in [-0.05, 0) is 78.8 Å². The fourth-order valence-electron chi connectivity index (χ4n) is 5.45. The average Bonchev–Trinajstić information content (AvgIpc) is 3.06. The zero-order valence-corrected chi connectivity index (χ0v) is 27.7. The van der Waals surface area contributed by atoms with E-state index >= 15 is 0 Å². The van der Waals surface area contributed by atoms with Crippen LogP contribution in [0.1, 0.15) is 74.8 Å². The standard InChI is InChI=1S/C37H47ClO7/c1-5-8-20-42-36-34(28-14-19-32(38)29(23-28)22-26-10-17-31(18-11-26)41-7-3)45-33(24-39)35(37(36)43-21-9-6-2)44-25-27-12-15-30(40-4)16-13-27/h10-19,23-24,33-37H,5-9,20-22,25H2,1-4H3/t33-,34+,35-,36+,37+/m1/s1. The molecule has 1 aliphatic heterocycles. The molecule has 1 heterocycles. The molecule has 0 N–H and O–H groups in total. The number of ether oxygens (including phenoxy) is 6. The van der Waals surface area contributed by atoms with Gasteiger partial charge >= 0.3 is 0 Å². The summed E-state index contributed by atoms with van der Waals surface area (Å²) in [7, 11) is 1.64. The van der Waals surface area contributed by atoms with Gasteiger partial charge in [-0.1, -0.05) is 74.7 Å². The Morgan fingerprint density at radius 3 is 2.04 bits per heavy atom. The van der Waals surface area contributed by atoms with Crippen LogP contribution in [0.2, 0.25) is 5.02 Å². The molecule has 3 aromatic carbocycles. The van der Waals surface area contributed by atoms with Crippen LogP contribution in [-0.2, 0) is 36.8 Å². The Hall–Kier alpha value is -2.94. The van der Waals surface area contributed by atoms with E-state index in [-0.39, 0.29) is 6.61 Å². The topological polar surface area (TPSA) is 72.5 Å². The first-order valence-corrected chi connectivity index (χ1v) is 16.5. The summed E-state index contributed by atoms with van der Waals surface area (Å²) in [6.07, 6.45) is 2.12. The lowest BCUT2D eigenvalue weighted by atomic mass is 9.89. The van der Waals surface area contributed by atoms with Gasteiger partial charge in [-0.25, -0.2) is 0 Å². The summed E-state index contributed by atoms with van der Waals surface area (Å²) in [4.78, 5) is 12.6. The molecule has 0 bridgehead atoms. The van der Waals surface area contributed by atoms with Crippen molar-refractivity contribution in [2.45, 2.75) is 90.0 Å². The summed E-state index contributed by atoms with van der Waals surface area (Å²) in [5.41, 5.74) is 3.90. The molecular formula is C37H47ClO7. The molecule has 3 aromatic rings. The summed E-state index contributed by atoms with van der Waals surface area (Å²) >= 11 is 6.71. The van der Waals surface area contributed by atoms with Gasteiger partial charge < -0.3 is 33.2 Å². The number of unbranched alkanes of at least 4 members (excludes halogenated alkanes) is 2. The van der Waals surface area contributed by atoms with Gasteiger partial charge in [-0.2, -0.15) is 0 Å². The summed E-state index contributed by atoms with van der Waals surface area (Å²) in [6.45, 7) is 8.19. The summed E-state index contributed by atoms with van der Waals surface area (Å²) in [6, 6.07) is 21.6. The predicted octanol–water partition coefficient (Wildman–Crippen LogP) is 7.93. The second-order valence-electron chi connectivity index (χ2n) is 11.3. The van der Waals surface area contributed by atoms with E-state index in [4.69, 9.17) is 40.0 Å². The third-order valence-corrected chi connectivity index (χ3v) is 8.32. The van der Waals surface area contributed by atoms with E-state index in [0.717, 1.165) is 65.7 Å². The molecule has 1 fully saturated rings. The number of carbonyl (C=O) groups excluding carboxylic acids is 1. The fraction of sp³-hybridized carbons (Fsp3) is 0.486. The number of benzene rings is 3. The van der Waals surface area contributed by atoms with E-state index in [1.54, 1.807) is 7.11 Å². The monoisotopic (exact) mass is 638 g/mol. The predicted molar refractivity (Wildman–Crippen MR) is 176 cm³/mol.